The molecule has 5 nitrogen and oxygen atoms in total. The van der Waals surface area contributed by atoms with Gasteiger partial charge in [-0.25, -0.2) is 4.79 Å². The van der Waals surface area contributed by atoms with Crippen molar-refractivity contribution >= 4 is 23.4 Å². The highest BCUT2D eigenvalue weighted by Gasteiger charge is 2.08. The van der Waals surface area contributed by atoms with E-state index in [2.05, 4.69) is 5.16 Å². The van der Waals surface area contributed by atoms with Gasteiger partial charge in [0, 0.05) is 11.4 Å². The molecule has 0 saturated carbocycles. The van der Waals surface area contributed by atoms with Crippen LogP contribution in [0, 0.1) is 0 Å². The number of hydrogen-bond acceptors (Lipinski definition) is 4. The van der Waals surface area contributed by atoms with Crippen molar-refractivity contribution in [2.24, 2.45) is 10.9 Å². The second-order valence-electron chi connectivity index (χ2n) is 4.50. The summed E-state index contributed by atoms with van der Waals surface area (Å²) in [6.07, 6.45) is 0.364. The predicted molar refractivity (Wildman–Crippen MR) is 85.2 cm³/mol. The summed E-state index contributed by atoms with van der Waals surface area (Å²) in [6, 6.07) is 13.8. The Labute approximate surface area is 133 Å². The quantitative estimate of drug-likeness (QED) is 0.398. The molecule has 114 valence electrons. The van der Waals surface area contributed by atoms with Crippen molar-refractivity contribution in [1.29, 1.82) is 0 Å². The molecule has 0 spiro atoms. The lowest BCUT2D eigenvalue weighted by molar-refractivity contribution is 0.0514. The van der Waals surface area contributed by atoms with Crippen LogP contribution in [0.15, 0.2) is 53.7 Å². The fraction of sp³-hybridized carbons (Fsp3) is 0.125. The van der Waals surface area contributed by atoms with Gasteiger partial charge in [-0.1, -0.05) is 35.0 Å². The first-order valence-electron chi connectivity index (χ1n) is 6.50. The number of ether oxygens (including phenoxy) is 1. The van der Waals surface area contributed by atoms with Crippen LogP contribution < -0.4 is 10.5 Å². The van der Waals surface area contributed by atoms with E-state index in [4.69, 9.17) is 26.9 Å². The second kappa shape index (κ2) is 7.47. The van der Waals surface area contributed by atoms with E-state index in [0.29, 0.717) is 22.8 Å². The Balaban J connectivity index is 1.97. The summed E-state index contributed by atoms with van der Waals surface area (Å²) in [7, 11) is 1.52. The zero-order valence-electron chi connectivity index (χ0n) is 12.0. The summed E-state index contributed by atoms with van der Waals surface area (Å²) < 4.78 is 5.04. The summed E-state index contributed by atoms with van der Waals surface area (Å²) in [5.41, 5.74) is 7.00. The van der Waals surface area contributed by atoms with E-state index in [0.717, 1.165) is 5.56 Å². The number of nitrogens with two attached hydrogens (primary N) is 1. The van der Waals surface area contributed by atoms with Crippen molar-refractivity contribution in [3.63, 3.8) is 0 Å². The topological polar surface area (TPSA) is 73.9 Å². The molecule has 22 heavy (non-hydrogen) atoms. The number of nitrogens with zero attached hydrogens (tertiary/aromatic N) is 1. The summed E-state index contributed by atoms with van der Waals surface area (Å²) in [5, 5.41) is 4.29. The van der Waals surface area contributed by atoms with E-state index in [9.17, 15) is 4.79 Å². The Morgan fingerprint density at radius 3 is 2.64 bits per heavy atom. The highest BCUT2D eigenvalue weighted by atomic mass is 35.5. The van der Waals surface area contributed by atoms with Crippen LogP contribution in [-0.4, -0.2) is 18.9 Å². The molecule has 0 heterocycles. The van der Waals surface area contributed by atoms with Crippen LogP contribution in [0.2, 0.25) is 5.02 Å². The van der Waals surface area contributed by atoms with Gasteiger partial charge < -0.3 is 15.3 Å². The Morgan fingerprint density at radius 2 is 1.95 bits per heavy atom. The molecular formula is C16H15ClN2O3. The Morgan fingerprint density at radius 1 is 1.23 bits per heavy atom. The SMILES string of the molecule is COc1cccc(C(=O)ON=C(N)Cc2ccc(Cl)cc2)c1. The smallest absolute Gasteiger partial charge is 0.365 e. The van der Waals surface area contributed by atoms with Crippen LogP contribution in [0.1, 0.15) is 15.9 Å². The highest BCUT2D eigenvalue weighted by molar-refractivity contribution is 6.30. The minimum Gasteiger partial charge on any atom is -0.497 e. The molecule has 0 amide bonds. The molecule has 0 saturated heterocycles. The van der Waals surface area contributed by atoms with Crippen LogP contribution in [0.4, 0.5) is 0 Å². The molecule has 0 aliphatic carbocycles. The van der Waals surface area contributed by atoms with E-state index >= 15 is 0 Å². The third kappa shape index (κ3) is 4.49. The summed E-state index contributed by atoms with van der Waals surface area (Å²) >= 11 is 5.80. The number of methoxy groups -OCH3 is 1. The van der Waals surface area contributed by atoms with Crippen molar-refractivity contribution < 1.29 is 14.4 Å². The van der Waals surface area contributed by atoms with Gasteiger partial charge in [-0.15, -0.1) is 0 Å². The van der Waals surface area contributed by atoms with E-state index in [-0.39, 0.29) is 5.84 Å². The number of carbonyl (C=O) groups is 1. The first kappa shape index (κ1) is 15.9. The average Bonchev–Trinajstić information content (AvgIpc) is 2.55. The number of rotatable bonds is 5. The lowest BCUT2D eigenvalue weighted by Crippen LogP contribution is -2.16. The van der Waals surface area contributed by atoms with Crippen molar-refractivity contribution in [2.75, 3.05) is 7.11 Å². The molecule has 0 radical (unpaired) electrons. The van der Waals surface area contributed by atoms with Gasteiger partial charge in [0.2, 0.25) is 0 Å². The second-order valence-corrected chi connectivity index (χ2v) is 4.93. The first-order chi connectivity index (χ1) is 10.6. The zero-order valence-corrected chi connectivity index (χ0v) is 12.7. The fourth-order valence-electron chi connectivity index (χ4n) is 1.75. The molecule has 0 bridgehead atoms. The molecule has 2 N–H and O–H groups in total. The van der Waals surface area contributed by atoms with Gasteiger partial charge in [-0.05, 0) is 35.9 Å². The Bertz CT molecular complexity index is 684. The molecular weight excluding hydrogens is 304 g/mol. The molecule has 0 unspecified atom stereocenters. The zero-order chi connectivity index (χ0) is 15.9. The standard InChI is InChI=1S/C16H15ClN2O3/c1-21-14-4-2-3-12(10-14)16(20)22-19-15(18)9-11-5-7-13(17)8-6-11/h2-8,10H,9H2,1H3,(H2,18,19). The molecule has 0 aromatic heterocycles. The minimum atomic E-state index is -0.599. The number of carbonyl (C=O) groups excluding carboxylic acids is 1. The van der Waals surface area contributed by atoms with Gasteiger partial charge >= 0.3 is 5.97 Å². The number of oxime groups is 1. The van der Waals surface area contributed by atoms with E-state index in [1.165, 1.54) is 7.11 Å². The minimum absolute atomic E-state index is 0.193. The molecule has 0 aliphatic rings. The molecule has 2 aromatic carbocycles. The van der Waals surface area contributed by atoms with Crippen molar-refractivity contribution in [1.82, 2.24) is 0 Å². The molecule has 0 fully saturated rings. The van der Waals surface area contributed by atoms with Crippen LogP contribution in [0.5, 0.6) is 5.75 Å². The summed E-state index contributed by atoms with van der Waals surface area (Å²) in [4.78, 5) is 16.7. The Kier molecular flexibility index (Phi) is 5.38. The van der Waals surface area contributed by atoms with Crippen LogP contribution in [0.25, 0.3) is 0 Å². The van der Waals surface area contributed by atoms with Gasteiger partial charge in [0.1, 0.15) is 11.6 Å². The van der Waals surface area contributed by atoms with Gasteiger partial charge in [-0.3, -0.25) is 0 Å². The fourth-order valence-corrected chi connectivity index (χ4v) is 1.87. The number of hydrogen-bond donors (Lipinski definition) is 1. The van der Waals surface area contributed by atoms with Gasteiger partial charge in [0.15, 0.2) is 0 Å². The van der Waals surface area contributed by atoms with Gasteiger partial charge in [0.25, 0.3) is 0 Å². The lowest BCUT2D eigenvalue weighted by Gasteiger charge is -2.03. The normalized spacial score (nSPS) is 11.1. The monoisotopic (exact) mass is 318 g/mol. The summed E-state index contributed by atoms with van der Waals surface area (Å²) in [5.74, 6) is 0.157. The lowest BCUT2D eigenvalue weighted by atomic mass is 10.1. The third-order valence-corrected chi connectivity index (χ3v) is 3.10. The maximum Gasteiger partial charge on any atom is 0.365 e. The summed E-state index contributed by atoms with van der Waals surface area (Å²) in [6.45, 7) is 0. The molecule has 0 atom stereocenters. The third-order valence-electron chi connectivity index (χ3n) is 2.85. The Hall–Kier alpha value is -2.53. The molecule has 6 heteroatoms. The van der Waals surface area contributed by atoms with Gasteiger partial charge in [0.05, 0.1) is 12.7 Å². The maximum atomic E-state index is 11.9. The average molecular weight is 319 g/mol. The first-order valence-corrected chi connectivity index (χ1v) is 6.88. The molecule has 2 aromatic rings. The largest absolute Gasteiger partial charge is 0.497 e. The molecule has 0 aliphatic heterocycles. The predicted octanol–water partition coefficient (Wildman–Crippen LogP) is 3.02. The number of benzene rings is 2. The van der Waals surface area contributed by atoms with Crippen LogP contribution in [0.3, 0.4) is 0 Å². The molecule has 2 rings (SSSR count). The van der Waals surface area contributed by atoms with Gasteiger partial charge in [-0.2, -0.15) is 0 Å². The number of halogens is 1. The maximum absolute atomic E-state index is 11.9. The van der Waals surface area contributed by atoms with Crippen molar-refractivity contribution in [3.05, 3.63) is 64.7 Å². The van der Waals surface area contributed by atoms with E-state index in [1.54, 1.807) is 36.4 Å². The number of amidine groups is 1. The van der Waals surface area contributed by atoms with E-state index < -0.39 is 5.97 Å². The van der Waals surface area contributed by atoms with E-state index in [1.807, 2.05) is 12.1 Å². The van der Waals surface area contributed by atoms with Crippen LogP contribution in [-0.2, 0) is 11.3 Å². The highest BCUT2D eigenvalue weighted by Crippen LogP contribution is 2.13. The van der Waals surface area contributed by atoms with Crippen molar-refractivity contribution in [2.45, 2.75) is 6.42 Å². The van der Waals surface area contributed by atoms with Crippen molar-refractivity contribution in [3.8, 4) is 5.75 Å². The van der Waals surface area contributed by atoms with Crippen LogP contribution >= 0.6 is 11.6 Å².